The third-order valence-corrected chi connectivity index (χ3v) is 7.52. The number of amides is 3. The van der Waals surface area contributed by atoms with E-state index in [1.54, 1.807) is 6.08 Å². The number of nitrogens with one attached hydrogen (secondary N) is 2. The van der Waals surface area contributed by atoms with Crippen LogP contribution in [-0.2, 0) is 35.4 Å². The van der Waals surface area contributed by atoms with E-state index >= 15 is 0 Å². The van der Waals surface area contributed by atoms with Crippen LogP contribution in [0.2, 0.25) is 0 Å². The zero-order valence-corrected chi connectivity index (χ0v) is 22.9. The lowest BCUT2D eigenvalue weighted by Gasteiger charge is -2.48. The highest BCUT2D eigenvalue weighted by Crippen LogP contribution is 2.38. The summed E-state index contributed by atoms with van der Waals surface area (Å²) >= 11 is 2.44. The topological polar surface area (TPSA) is 182 Å². The zero-order chi connectivity index (χ0) is 28.8. The van der Waals surface area contributed by atoms with Gasteiger partial charge in [0.25, 0.3) is 17.5 Å². The van der Waals surface area contributed by atoms with Gasteiger partial charge in [-0.2, -0.15) is 0 Å². The number of hydrogen-bond acceptors (Lipinski definition) is 12. The number of β-lactam (4-membered cyclic amide) rings is 1. The van der Waals surface area contributed by atoms with E-state index < -0.39 is 34.1 Å². The van der Waals surface area contributed by atoms with Crippen LogP contribution in [-0.4, -0.2) is 68.5 Å². The van der Waals surface area contributed by atoms with Crippen LogP contribution in [0.3, 0.4) is 0 Å². The number of ether oxygens (including phenoxy) is 1. The van der Waals surface area contributed by atoms with Crippen LogP contribution in [0.5, 0.6) is 0 Å². The van der Waals surface area contributed by atoms with Crippen molar-refractivity contribution >= 4 is 63.8 Å². The standard InChI is InChI=1S/C24H24N6O8S2/c1-13(2)9-38-28-18(16-11-40-24(26-16)25-12-31)20(32)27-19-21(33)29-17(7-8-39-22(19)29)23(34)37-10-14-3-5-15(6-4-14)30(35)36/h3-7,11-13,19,22H,8-10H2,1-2H3,(H,27,32)(H,25,26,31)/t19?,22-/m0/s1. The van der Waals surface area contributed by atoms with Crippen LogP contribution < -0.4 is 10.6 Å². The van der Waals surface area contributed by atoms with Crippen molar-refractivity contribution in [2.75, 3.05) is 17.7 Å². The lowest BCUT2D eigenvalue weighted by Crippen LogP contribution is -2.70. The molecule has 2 aliphatic heterocycles. The number of nitrogens with zero attached hydrogens (tertiary/aromatic N) is 4. The molecule has 3 amide bonds. The third kappa shape index (κ3) is 6.45. The van der Waals surface area contributed by atoms with E-state index in [0.29, 0.717) is 17.7 Å². The van der Waals surface area contributed by atoms with Gasteiger partial charge in [0.05, 0.1) is 4.92 Å². The number of anilines is 1. The molecule has 0 saturated carbocycles. The van der Waals surface area contributed by atoms with Gasteiger partial charge in [0.1, 0.15) is 36.0 Å². The predicted molar refractivity (Wildman–Crippen MR) is 145 cm³/mol. The highest BCUT2D eigenvalue weighted by molar-refractivity contribution is 8.00. The number of aromatic nitrogens is 1. The van der Waals surface area contributed by atoms with Gasteiger partial charge in [-0.05, 0) is 29.7 Å². The molecule has 0 radical (unpaired) electrons. The lowest BCUT2D eigenvalue weighted by molar-refractivity contribution is -0.384. The fraction of sp³-hybridized carbons (Fsp3) is 0.333. The van der Waals surface area contributed by atoms with E-state index in [1.165, 1.54) is 46.3 Å². The number of carbonyl (C=O) groups excluding carboxylic acids is 4. The van der Waals surface area contributed by atoms with E-state index in [2.05, 4.69) is 20.8 Å². The number of nitro groups is 1. The maximum Gasteiger partial charge on any atom is 0.355 e. The van der Waals surface area contributed by atoms with E-state index in [1.807, 2.05) is 13.8 Å². The number of non-ortho nitro benzene ring substituents is 1. The van der Waals surface area contributed by atoms with Crippen molar-refractivity contribution in [1.29, 1.82) is 0 Å². The van der Waals surface area contributed by atoms with Gasteiger partial charge in [0.15, 0.2) is 10.8 Å². The number of oxime groups is 1. The molecule has 0 bridgehead atoms. The van der Waals surface area contributed by atoms with Crippen LogP contribution in [0, 0.1) is 16.0 Å². The number of fused-ring (bicyclic) bond motifs is 1. The lowest BCUT2D eigenvalue weighted by atomic mass is 10.0. The van der Waals surface area contributed by atoms with Crippen molar-refractivity contribution in [2.45, 2.75) is 31.9 Å². The normalized spacial score (nSPS) is 18.3. The molecule has 210 valence electrons. The van der Waals surface area contributed by atoms with Crippen LogP contribution in [0.15, 0.2) is 46.6 Å². The van der Waals surface area contributed by atoms with Crippen molar-refractivity contribution in [3.8, 4) is 0 Å². The molecule has 0 aliphatic carbocycles. The van der Waals surface area contributed by atoms with E-state index in [9.17, 15) is 29.3 Å². The Labute approximate surface area is 235 Å². The van der Waals surface area contributed by atoms with Gasteiger partial charge >= 0.3 is 5.97 Å². The molecule has 4 rings (SSSR count). The molecule has 1 aromatic heterocycles. The first-order valence-electron chi connectivity index (χ1n) is 11.9. The van der Waals surface area contributed by atoms with Gasteiger partial charge in [-0.3, -0.25) is 29.4 Å². The van der Waals surface area contributed by atoms with Crippen molar-refractivity contribution in [2.24, 2.45) is 11.1 Å². The summed E-state index contributed by atoms with van der Waals surface area (Å²) in [6, 6.07) is 4.62. The highest BCUT2D eigenvalue weighted by atomic mass is 32.2. The second-order valence-electron chi connectivity index (χ2n) is 8.90. The highest BCUT2D eigenvalue weighted by Gasteiger charge is 2.53. The summed E-state index contributed by atoms with van der Waals surface area (Å²) in [5.41, 5.74) is 0.504. The summed E-state index contributed by atoms with van der Waals surface area (Å²) in [7, 11) is 0. The SMILES string of the molecule is CC(C)CON=C(C(=O)NC1C(=O)N2C(C(=O)OCc3ccc([N+](=O)[O-])cc3)=CCS[C@@H]12)c1csc(NC=O)n1. The molecule has 1 fully saturated rings. The number of nitro benzene ring substituents is 1. The van der Waals surface area contributed by atoms with Crippen molar-refractivity contribution < 1.29 is 33.7 Å². The summed E-state index contributed by atoms with van der Waals surface area (Å²) in [6.07, 6.45) is 2.03. The fourth-order valence-corrected chi connectivity index (χ4v) is 5.48. The Morgan fingerprint density at radius 3 is 2.75 bits per heavy atom. The Morgan fingerprint density at radius 2 is 2.08 bits per heavy atom. The number of carbonyl (C=O) groups is 4. The Morgan fingerprint density at radius 1 is 1.32 bits per heavy atom. The molecule has 3 heterocycles. The number of hydrogen-bond donors (Lipinski definition) is 2. The van der Waals surface area contributed by atoms with Gasteiger partial charge in [-0.1, -0.05) is 19.0 Å². The van der Waals surface area contributed by atoms with Gasteiger partial charge in [-0.25, -0.2) is 9.78 Å². The van der Waals surface area contributed by atoms with Gasteiger partial charge in [0, 0.05) is 23.3 Å². The summed E-state index contributed by atoms with van der Waals surface area (Å²) in [5.74, 6) is -1.41. The monoisotopic (exact) mass is 588 g/mol. The first kappa shape index (κ1) is 28.7. The molecule has 2 atom stereocenters. The Kier molecular flexibility index (Phi) is 9.11. The molecule has 1 unspecified atom stereocenters. The molecule has 14 nitrogen and oxygen atoms in total. The second kappa shape index (κ2) is 12.7. The minimum absolute atomic E-state index is 0.0550. The number of rotatable bonds is 12. The van der Waals surface area contributed by atoms with Crippen LogP contribution >= 0.6 is 23.1 Å². The molecule has 1 aromatic carbocycles. The summed E-state index contributed by atoms with van der Waals surface area (Å²) in [6.45, 7) is 3.92. The fourth-order valence-electron chi connectivity index (χ4n) is 3.63. The summed E-state index contributed by atoms with van der Waals surface area (Å²) < 4.78 is 5.33. The molecule has 2 aromatic rings. The summed E-state index contributed by atoms with van der Waals surface area (Å²) in [5, 5.41) is 21.0. The quantitative estimate of drug-likeness (QED) is 0.0929. The minimum Gasteiger partial charge on any atom is -0.456 e. The zero-order valence-electron chi connectivity index (χ0n) is 21.3. The Hall–Kier alpha value is -4.31. The molecule has 0 spiro atoms. The second-order valence-corrected chi connectivity index (χ2v) is 10.9. The van der Waals surface area contributed by atoms with Crippen LogP contribution in [0.1, 0.15) is 25.1 Å². The smallest absolute Gasteiger partial charge is 0.355 e. The maximum atomic E-state index is 13.2. The third-order valence-electron chi connectivity index (χ3n) is 5.57. The number of benzene rings is 1. The molecular weight excluding hydrogens is 564 g/mol. The molecular formula is C24H24N6O8S2. The van der Waals surface area contributed by atoms with Crippen LogP contribution in [0.25, 0.3) is 0 Å². The first-order valence-corrected chi connectivity index (χ1v) is 13.8. The number of esters is 1. The predicted octanol–water partition coefficient (Wildman–Crippen LogP) is 2.02. The largest absolute Gasteiger partial charge is 0.456 e. The van der Waals surface area contributed by atoms with Crippen molar-refractivity contribution in [1.82, 2.24) is 15.2 Å². The van der Waals surface area contributed by atoms with E-state index in [-0.39, 0.29) is 47.1 Å². The van der Waals surface area contributed by atoms with E-state index in [4.69, 9.17) is 9.57 Å². The van der Waals surface area contributed by atoms with Gasteiger partial charge in [-0.15, -0.1) is 23.1 Å². The van der Waals surface area contributed by atoms with Crippen molar-refractivity contribution in [3.05, 3.63) is 62.8 Å². The van der Waals surface area contributed by atoms with Crippen LogP contribution in [0.4, 0.5) is 10.8 Å². The number of thiazole rings is 1. The van der Waals surface area contributed by atoms with Gasteiger partial charge < -0.3 is 20.2 Å². The summed E-state index contributed by atoms with van der Waals surface area (Å²) in [4.78, 5) is 70.7. The first-order chi connectivity index (χ1) is 19.2. The molecule has 16 heteroatoms. The minimum atomic E-state index is -0.940. The average molecular weight is 589 g/mol. The Bertz CT molecular complexity index is 1370. The van der Waals surface area contributed by atoms with E-state index in [0.717, 1.165) is 11.3 Å². The molecule has 2 N–H and O–H groups in total. The average Bonchev–Trinajstić information content (AvgIpc) is 3.40. The molecule has 2 aliphatic rings. The molecule has 1 saturated heterocycles. The van der Waals surface area contributed by atoms with Gasteiger partial charge in [0.2, 0.25) is 6.41 Å². The van der Waals surface area contributed by atoms with Crippen molar-refractivity contribution in [3.63, 3.8) is 0 Å². The maximum absolute atomic E-state index is 13.2. The molecule has 40 heavy (non-hydrogen) atoms. The Balaban J connectivity index is 1.40. The number of thioether (sulfide) groups is 1.